The number of nitrogens with two attached hydrogens (primary N) is 1. The van der Waals surface area contributed by atoms with Crippen molar-refractivity contribution in [2.45, 2.75) is 0 Å². The molecule has 0 aliphatic carbocycles. The Kier molecular flexibility index (Phi) is 9.60. The fraction of sp³-hybridized carbons (Fsp3) is 1.00. The highest BCUT2D eigenvalue weighted by molar-refractivity contribution is 7.16. The molecule has 1 unspecified atom stereocenters. The lowest BCUT2D eigenvalue weighted by Gasteiger charge is -2.02. The first-order valence-corrected chi connectivity index (χ1v) is 4.29. The van der Waals surface area contributed by atoms with Crippen LogP contribution in [0.2, 0.25) is 0 Å². The Bertz CT molecular complexity index is 55.7. The van der Waals surface area contributed by atoms with Crippen LogP contribution in [0, 0.1) is 0 Å². The smallest absolute Gasteiger partial charge is 0.0701 e. The SMILES string of the molecule is NCCOCCOCCP. The molecule has 0 rings (SSSR count). The summed E-state index contributed by atoms with van der Waals surface area (Å²) >= 11 is 0. The Morgan fingerprint density at radius 2 is 1.60 bits per heavy atom. The van der Waals surface area contributed by atoms with Crippen LogP contribution in [0.3, 0.4) is 0 Å². The summed E-state index contributed by atoms with van der Waals surface area (Å²) in [7, 11) is 2.60. The Hall–Kier alpha value is 0.310. The van der Waals surface area contributed by atoms with Crippen LogP contribution in [-0.2, 0) is 9.47 Å². The van der Waals surface area contributed by atoms with Gasteiger partial charge in [-0.15, -0.1) is 9.24 Å². The lowest BCUT2D eigenvalue weighted by atomic mass is 10.7. The lowest BCUT2D eigenvalue weighted by Crippen LogP contribution is -2.12. The molecule has 0 aromatic rings. The van der Waals surface area contributed by atoms with Crippen molar-refractivity contribution in [3.8, 4) is 0 Å². The third-order valence-electron chi connectivity index (χ3n) is 0.896. The van der Waals surface area contributed by atoms with E-state index in [0.717, 1.165) is 12.8 Å². The van der Waals surface area contributed by atoms with E-state index >= 15 is 0 Å². The highest BCUT2D eigenvalue weighted by Gasteiger charge is 1.85. The summed E-state index contributed by atoms with van der Waals surface area (Å²) in [5.41, 5.74) is 5.20. The van der Waals surface area contributed by atoms with E-state index in [9.17, 15) is 0 Å². The second kappa shape index (κ2) is 9.31. The molecule has 0 aromatic carbocycles. The van der Waals surface area contributed by atoms with E-state index in [2.05, 4.69) is 9.24 Å². The van der Waals surface area contributed by atoms with Crippen LogP contribution in [0.15, 0.2) is 0 Å². The van der Waals surface area contributed by atoms with E-state index in [-0.39, 0.29) is 0 Å². The molecule has 0 heterocycles. The van der Waals surface area contributed by atoms with Crippen LogP contribution in [0.5, 0.6) is 0 Å². The Balaban J connectivity index is 2.65. The minimum Gasteiger partial charge on any atom is -0.379 e. The summed E-state index contributed by atoms with van der Waals surface area (Å²) in [5.74, 6) is 0. The molecule has 3 nitrogen and oxygen atoms in total. The summed E-state index contributed by atoms with van der Waals surface area (Å²) in [6.07, 6.45) is 0.983. The van der Waals surface area contributed by atoms with Gasteiger partial charge in [0.2, 0.25) is 0 Å². The molecule has 2 N–H and O–H groups in total. The van der Waals surface area contributed by atoms with Gasteiger partial charge in [-0.1, -0.05) is 0 Å². The fourth-order valence-electron chi connectivity index (χ4n) is 0.489. The normalized spacial score (nSPS) is 10.2. The van der Waals surface area contributed by atoms with Crippen LogP contribution >= 0.6 is 9.24 Å². The summed E-state index contributed by atoms with van der Waals surface area (Å²) < 4.78 is 10.2. The number of ether oxygens (including phenoxy) is 2. The van der Waals surface area contributed by atoms with Crippen molar-refractivity contribution in [2.75, 3.05) is 39.1 Å². The summed E-state index contributed by atoms with van der Waals surface area (Å²) in [5, 5.41) is 0. The molecule has 0 saturated heterocycles. The van der Waals surface area contributed by atoms with E-state index in [1.807, 2.05) is 0 Å². The van der Waals surface area contributed by atoms with Crippen molar-refractivity contribution in [2.24, 2.45) is 5.73 Å². The Morgan fingerprint density at radius 1 is 1.00 bits per heavy atom. The molecule has 0 fully saturated rings. The Morgan fingerprint density at radius 3 is 2.10 bits per heavy atom. The van der Waals surface area contributed by atoms with Gasteiger partial charge in [-0.2, -0.15) is 0 Å². The van der Waals surface area contributed by atoms with Crippen LogP contribution in [0.4, 0.5) is 0 Å². The van der Waals surface area contributed by atoms with Crippen molar-refractivity contribution in [1.29, 1.82) is 0 Å². The first-order chi connectivity index (χ1) is 4.91. The predicted octanol–water partition coefficient (Wildman–Crippen LogP) is -0.147. The molecule has 4 heteroatoms. The average Bonchev–Trinajstić information content (AvgIpc) is 1.97. The third-order valence-corrected chi connectivity index (χ3v) is 1.13. The van der Waals surface area contributed by atoms with Gasteiger partial charge in [0, 0.05) is 6.54 Å². The van der Waals surface area contributed by atoms with Gasteiger partial charge in [-0.25, -0.2) is 0 Å². The summed E-state index contributed by atoms with van der Waals surface area (Å²) in [6.45, 7) is 3.33. The van der Waals surface area contributed by atoms with Crippen molar-refractivity contribution < 1.29 is 9.47 Å². The fourth-order valence-corrected chi connectivity index (χ4v) is 0.655. The van der Waals surface area contributed by atoms with Crippen molar-refractivity contribution >= 4 is 9.24 Å². The van der Waals surface area contributed by atoms with E-state index in [1.165, 1.54) is 0 Å². The van der Waals surface area contributed by atoms with Crippen molar-refractivity contribution in [1.82, 2.24) is 0 Å². The number of hydrogen-bond acceptors (Lipinski definition) is 3. The molecule has 0 aromatic heterocycles. The van der Waals surface area contributed by atoms with Crippen molar-refractivity contribution in [3.63, 3.8) is 0 Å². The van der Waals surface area contributed by atoms with E-state index in [4.69, 9.17) is 15.2 Å². The van der Waals surface area contributed by atoms with E-state index in [0.29, 0.717) is 26.4 Å². The standard InChI is InChI=1S/C6H16NO2P/c7-1-2-8-3-4-9-5-6-10/h1-7,10H2. The molecule has 0 aliphatic heterocycles. The van der Waals surface area contributed by atoms with Gasteiger partial charge < -0.3 is 15.2 Å². The van der Waals surface area contributed by atoms with Gasteiger partial charge in [0.05, 0.1) is 26.4 Å². The monoisotopic (exact) mass is 165 g/mol. The quantitative estimate of drug-likeness (QED) is 0.421. The molecule has 0 amide bonds. The molecular weight excluding hydrogens is 149 g/mol. The molecule has 0 aliphatic rings. The van der Waals surface area contributed by atoms with Crippen LogP contribution in [-0.4, -0.2) is 39.1 Å². The molecule has 1 atom stereocenters. The summed E-state index contributed by atoms with van der Waals surface area (Å²) in [6, 6.07) is 0. The highest BCUT2D eigenvalue weighted by Crippen LogP contribution is 1.82. The van der Waals surface area contributed by atoms with Gasteiger partial charge in [0.1, 0.15) is 0 Å². The zero-order valence-electron chi connectivity index (χ0n) is 6.21. The first-order valence-electron chi connectivity index (χ1n) is 3.47. The molecule has 62 valence electrons. The van der Waals surface area contributed by atoms with E-state index < -0.39 is 0 Å². The molecule has 0 saturated carbocycles. The third kappa shape index (κ3) is 8.31. The lowest BCUT2D eigenvalue weighted by molar-refractivity contribution is 0.0570. The largest absolute Gasteiger partial charge is 0.379 e. The topological polar surface area (TPSA) is 44.5 Å². The van der Waals surface area contributed by atoms with Gasteiger partial charge in [0.15, 0.2) is 0 Å². The highest BCUT2D eigenvalue weighted by atomic mass is 31.0. The maximum absolute atomic E-state index is 5.20. The average molecular weight is 165 g/mol. The number of rotatable bonds is 7. The van der Waals surface area contributed by atoms with Crippen LogP contribution < -0.4 is 5.73 Å². The second-order valence-corrected chi connectivity index (χ2v) is 2.38. The molecule has 10 heavy (non-hydrogen) atoms. The zero-order valence-corrected chi connectivity index (χ0v) is 7.37. The molecular formula is C6H16NO2P. The van der Waals surface area contributed by atoms with Gasteiger partial charge in [0.25, 0.3) is 0 Å². The number of hydrogen-bond donors (Lipinski definition) is 1. The summed E-state index contributed by atoms with van der Waals surface area (Å²) in [4.78, 5) is 0. The minimum absolute atomic E-state index is 0.587. The zero-order chi connectivity index (χ0) is 7.66. The first kappa shape index (κ1) is 10.3. The van der Waals surface area contributed by atoms with Crippen molar-refractivity contribution in [3.05, 3.63) is 0 Å². The molecule has 0 bridgehead atoms. The molecule has 0 spiro atoms. The second-order valence-electron chi connectivity index (χ2n) is 1.80. The maximum Gasteiger partial charge on any atom is 0.0701 e. The van der Waals surface area contributed by atoms with Gasteiger partial charge in [-0.05, 0) is 6.16 Å². The Labute approximate surface area is 64.5 Å². The predicted molar refractivity (Wildman–Crippen MR) is 45.3 cm³/mol. The van der Waals surface area contributed by atoms with Crippen LogP contribution in [0.25, 0.3) is 0 Å². The minimum atomic E-state index is 0.587. The van der Waals surface area contributed by atoms with Crippen LogP contribution in [0.1, 0.15) is 0 Å². The van der Waals surface area contributed by atoms with E-state index in [1.54, 1.807) is 0 Å². The maximum atomic E-state index is 5.20. The van der Waals surface area contributed by atoms with Gasteiger partial charge >= 0.3 is 0 Å². The van der Waals surface area contributed by atoms with Gasteiger partial charge in [-0.3, -0.25) is 0 Å². The molecule has 0 radical (unpaired) electrons.